The van der Waals surface area contributed by atoms with E-state index in [0.717, 1.165) is 59.4 Å². The molecule has 0 bridgehead atoms. The van der Waals surface area contributed by atoms with Crippen molar-refractivity contribution in [2.45, 2.75) is 51.1 Å². The number of carbonyl (C=O) groups is 2. The van der Waals surface area contributed by atoms with Crippen molar-refractivity contribution < 1.29 is 24.2 Å². The quantitative estimate of drug-likeness (QED) is 0.609. The summed E-state index contributed by atoms with van der Waals surface area (Å²) in [6, 6.07) is 11.4. The number of carbonyl (C=O) groups excluding carboxylic acids is 1. The van der Waals surface area contributed by atoms with E-state index in [0.29, 0.717) is 25.2 Å². The van der Waals surface area contributed by atoms with Crippen LogP contribution in [0.15, 0.2) is 36.4 Å². The fourth-order valence-electron chi connectivity index (χ4n) is 5.35. The van der Waals surface area contributed by atoms with Gasteiger partial charge in [-0.25, -0.2) is 14.6 Å². The third-order valence-corrected chi connectivity index (χ3v) is 7.05. The molecule has 1 saturated heterocycles. The number of carboxylic acid groups (broad SMARTS) is 1. The van der Waals surface area contributed by atoms with Gasteiger partial charge < -0.3 is 19.1 Å². The Bertz CT molecular complexity index is 1240. The van der Waals surface area contributed by atoms with Crippen molar-refractivity contribution in [1.29, 1.82) is 0 Å². The molecular formula is C26H29N3O5. The SMILES string of the molecule is COC(=O)N1c2ccc3c(nc(Cc4ccccc4C(=O)O)n3C3CCOCC3)c2CC[C@@H]1C. The van der Waals surface area contributed by atoms with Crippen LogP contribution in [0.3, 0.4) is 0 Å². The Labute approximate surface area is 198 Å². The lowest BCUT2D eigenvalue weighted by atomic mass is 9.95. The standard InChI is InChI=1S/C26H29N3O5/c1-16-7-8-20-21(28(16)26(32)33-2)9-10-22-24(20)27-23(29(22)18-11-13-34-14-12-18)15-17-5-3-4-6-19(17)25(30)31/h3-6,9-10,16,18H,7-8,11-15H2,1-2H3,(H,30,31)/t16-/m0/s1. The van der Waals surface area contributed by atoms with Crippen LogP contribution < -0.4 is 4.90 Å². The summed E-state index contributed by atoms with van der Waals surface area (Å²) < 4.78 is 12.9. The fourth-order valence-corrected chi connectivity index (χ4v) is 5.35. The predicted molar refractivity (Wildman–Crippen MR) is 128 cm³/mol. The number of nitrogens with zero attached hydrogens (tertiary/aromatic N) is 3. The van der Waals surface area contributed by atoms with E-state index >= 15 is 0 Å². The van der Waals surface area contributed by atoms with Crippen LogP contribution in [-0.4, -0.2) is 53.1 Å². The zero-order valence-corrected chi connectivity index (χ0v) is 19.5. The number of rotatable bonds is 4. The number of hydrogen-bond acceptors (Lipinski definition) is 5. The Balaban J connectivity index is 1.67. The van der Waals surface area contributed by atoms with Gasteiger partial charge in [-0.2, -0.15) is 0 Å². The number of carboxylic acids is 1. The molecule has 1 N–H and O–H groups in total. The van der Waals surface area contributed by atoms with E-state index in [2.05, 4.69) is 4.57 Å². The number of ether oxygens (including phenoxy) is 2. The maximum absolute atomic E-state index is 12.5. The van der Waals surface area contributed by atoms with E-state index in [1.807, 2.05) is 31.2 Å². The third-order valence-electron chi connectivity index (χ3n) is 7.05. The van der Waals surface area contributed by atoms with Gasteiger partial charge in [0.2, 0.25) is 0 Å². The Morgan fingerprint density at radius 1 is 1.15 bits per heavy atom. The summed E-state index contributed by atoms with van der Waals surface area (Å²) in [7, 11) is 1.40. The molecule has 8 nitrogen and oxygen atoms in total. The molecule has 0 radical (unpaired) electrons. The van der Waals surface area contributed by atoms with E-state index in [4.69, 9.17) is 14.5 Å². The maximum Gasteiger partial charge on any atom is 0.414 e. The molecule has 3 aromatic rings. The summed E-state index contributed by atoms with van der Waals surface area (Å²) in [5.74, 6) is -0.100. The van der Waals surface area contributed by atoms with Gasteiger partial charge in [0.15, 0.2) is 0 Å². The van der Waals surface area contributed by atoms with Crippen LogP contribution in [0.2, 0.25) is 0 Å². The topological polar surface area (TPSA) is 93.9 Å². The van der Waals surface area contributed by atoms with E-state index < -0.39 is 5.97 Å². The molecule has 34 heavy (non-hydrogen) atoms. The number of aromatic carboxylic acids is 1. The van der Waals surface area contributed by atoms with Crippen LogP contribution in [0, 0.1) is 0 Å². The highest BCUT2D eigenvalue weighted by Crippen LogP contribution is 2.38. The van der Waals surface area contributed by atoms with Crippen molar-refractivity contribution in [3.05, 3.63) is 58.9 Å². The first-order valence-electron chi connectivity index (χ1n) is 11.8. The van der Waals surface area contributed by atoms with Gasteiger partial charge in [-0.3, -0.25) is 4.90 Å². The molecule has 178 valence electrons. The Kier molecular flexibility index (Phi) is 6.00. The number of hydrogen-bond donors (Lipinski definition) is 1. The fraction of sp³-hybridized carbons (Fsp3) is 0.423. The number of anilines is 1. The van der Waals surface area contributed by atoms with Crippen LogP contribution in [0.5, 0.6) is 0 Å². The van der Waals surface area contributed by atoms with Crippen LogP contribution in [-0.2, 0) is 22.3 Å². The molecule has 5 rings (SSSR count). The van der Waals surface area contributed by atoms with Crippen molar-refractivity contribution in [2.24, 2.45) is 0 Å². The summed E-state index contributed by atoms with van der Waals surface area (Å²) in [4.78, 5) is 31.2. The largest absolute Gasteiger partial charge is 0.478 e. The lowest BCUT2D eigenvalue weighted by Gasteiger charge is -2.34. The number of aryl methyl sites for hydroxylation is 1. The van der Waals surface area contributed by atoms with Crippen LogP contribution in [0.4, 0.5) is 10.5 Å². The zero-order chi connectivity index (χ0) is 23.8. The zero-order valence-electron chi connectivity index (χ0n) is 19.5. The molecule has 8 heteroatoms. The average Bonchev–Trinajstić information content (AvgIpc) is 3.22. The van der Waals surface area contributed by atoms with Crippen LogP contribution in [0.25, 0.3) is 11.0 Å². The van der Waals surface area contributed by atoms with E-state index in [1.54, 1.807) is 17.0 Å². The summed E-state index contributed by atoms with van der Waals surface area (Å²) >= 11 is 0. The summed E-state index contributed by atoms with van der Waals surface area (Å²) in [5.41, 5.74) is 4.81. The second-order valence-corrected chi connectivity index (χ2v) is 9.04. The molecule has 0 unspecified atom stereocenters. The van der Waals surface area contributed by atoms with E-state index in [-0.39, 0.29) is 18.2 Å². The average molecular weight is 464 g/mol. The van der Waals surface area contributed by atoms with Crippen molar-refractivity contribution in [3.8, 4) is 0 Å². The molecule has 2 aliphatic heterocycles. The smallest absolute Gasteiger partial charge is 0.414 e. The first-order chi connectivity index (χ1) is 16.5. The molecule has 0 saturated carbocycles. The Morgan fingerprint density at radius 2 is 1.91 bits per heavy atom. The minimum Gasteiger partial charge on any atom is -0.478 e. The molecule has 1 fully saturated rings. The second-order valence-electron chi connectivity index (χ2n) is 9.04. The summed E-state index contributed by atoms with van der Waals surface area (Å²) in [6.45, 7) is 3.40. The first-order valence-corrected chi connectivity index (χ1v) is 11.8. The molecular weight excluding hydrogens is 434 g/mol. The van der Waals surface area contributed by atoms with Gasteiger partial charge in [-0.15, -0.1) is 0 Å². The lowest BCUT2D eigenvalue weighted by Crippen LogP contribution is -2.42. The van der Waals surface area contributed by atoms with Crippen LogP contribution >= 0.6 is 0 Å². The van der Waals surface area contributed by atoms with Gasteiger partial charge in [0.1, 0.15) is 5.82 Å². The number of methoxy groups -OCH3 is 1. The van der Waals surface area contributed by atoms with Gasteiger partial charge in [-0.05, 0) is 56.4 Å². The van der Waals surface area contributed by atoms with Gasteiger partial charge in [-0.1, -0.05) is 18.2 Å². The highest BCUT2D eigenvalue weighted by atomic mass is 16.5. The molecule has 2 aliphatic rings. The minimum absolute atomic E-state index is 0.0388. The Hall–Kier alpha value is -3.39. The second kappa shape index (κ2) is 9.10. The molecule has 2 aromatic carbocycles. The molecule has 0 spiro atoms. The third kappa shape index (κ3) is 3.81. The van der Waals surface area contributed by atoms with Crippen molar-refractivity contribution >= 4 is 28.8 Å². The van der Waals surface area contributed by atoms with Gasteiger partial charge in [0, 0.05) is 37.3 Å². The molecule has 1 atom stereocenters. The molecule has 1 aromatic heterocycles. The van der Waals surface area contributed by atoms with E-state index in [1.165, 1.54) is 7.11 Å². The lowest BCUT2D eigenvalue weighted by molar-refractivity contribution is 0.0695. The van der Waals surface area contributed by atoms with Crippen molar-refractivity contribution in [2.75, 3.05) is 25.2 Å². The summed E-state index contributed by atoms with van der Waals surface area (Å²) in [5, 5.41) is 9.70. The Morgan fingerprint density at radius 3 is 2.65 bits per heavy atom. The highest BCUT2D eigenvalue weighted by Gasteiger charge is 2.32. The van der Waals surface area contributed by atoms with Crippen LogP contribution in [0.1, 0.15) is 59.5 Å². The normalized spacial score (nSPS) is 18.6. The molecule has 1 amide bonds. The highest BCUT2D eigenvalue weighted by molar-refractivity contribution is 5.95. The number of imidazole rings is 1. The van der Waals surface area contributed by atoms with Gasteiger partial charge >= 0.3 is 12.1 Å². The van der Waals surface area contributed by atoms with E-state index in [9.17, 15) is 14.7 Å². The molecule has 3 heterocycles. The number of aromatic nitrogens is 2. The predicted octanol–water partition coefficient (Wildman–Crippen LogP) is 4.58. The van der Waals surface area contributed by atoms with Crippen molar-refractivity contribution in [1.82, 2.24) is 9.55 Å². The van der Waals surface area contributed by atoms with Crippen molar-refractivity contribution in [3.63, 3.8) is 0 Å². The first kappa shape index (κ1) is 22.4. The van der Waals surface area contributed by atoms with Gasteiger partial charge in [0.25, 0.3) is 0 Å². The number of amides is 1. The van der Waals surface area contributed by atoms with Gasteiger partial charge in [0.05, 0.1) is 29.4 Å². The maximum atomic E-state index is 12.5. The molecule has 0 aliphatic carbocycles. The minimum atomic E-state index is -0.940. The summed E-state index contributed by atoms with van der Waals surface area (Å²) in [6.07, 6.45) is 3.44. The monoisotopic (exact) mass is 463 g/mol. The number of benzene rings is 2. The number of fused-ring (bicyclic) bond motifs is 3.